The molecule has 1 heterocycles. The van der Waals surface area contributed by atoms with Crippen molar-refractivity contribution in [1.29, 1.82) is 0 Å². The van der Waals surface area contributed by atoms with Crippen LogP contribution in [-0.2, 0) is 0 Å². The molecule has 3 nitrogen and oxygen atoms in total. The van der Waals surface area contributed by atoms with Gasteiger partial charge >= 0.3 is 0 Å². The molecule has 3 N–H and O–H groups in total. The molecule has 0 radical (unpaired) electrons. The van der Waals surface area contributed by atoms with Gasteiger partial charge in [0.05, 0.1) is 18.4 Å². The van der Waals surface area contributed by atoms with Crippen LogP contribution in [0.1, 0.15) is 5.56 Å². The highest BCUT2D eigenvalue weighted by molar-refractivity contribution is 5.94. The predicted octanol–water partition coefficient (Wildman–Crippen LogP) is 2.73. The van der Waals surface area contributed by atoms with Gasteiger partial charge in [0.15, 0.2) is 0 Å². The first kappa shape index (κ1) is 10.9. The second kappa shape index (κ2) is 4.20. The van der Waals surface area contributed by atoms with E-state index in [1.807, 2.05) is 24.3 Å². The maximum atomic E-state index is 9.62. The Bertz CT molecular complexity index is 653. The Labute approximate surface area is 105 Å². The number of allylic oxidation sites excluding steroid dienone is 1. The molecule has 1 aliphatic rings. The van der Waals surface area contributed by atoms with E-state index < -0.39 is 0 Å². The van der Waals surface area contributed by atoms with Gasteiger partial charge in [-0.1, -0.05) is 42.5 Å². The van der Waals surface area contributed by atoms with Crippen molar-refractivity contribution >= 4 is 16.3 Å². The SMILES string of the molecule is NC1=CN(O)CC(c2cccc3ccccc23)=C1. The molecule has 3 heteroatoms. The molecule has 0 saturated carbocycles. The predicted molar refractivity (Wildman–Crippen MR) is 72.7 cm³/mol. The van der Waals surface area contributed by atoms with Crippen molar-refractivity contribution in [2.45, 2.75) is 0 Å². The average Bonchev–Trinajstić information content (AvgIpc) is 2.37. The van der Waals surface area contributed by atoms with Crippen molar-refractivity contribution in [3.05, 3.63) is 66.0 Å². The molecule has 0 amide bonds. The van der Waals surface area contributed by atoms with Gasteiger partial charge < -0.3 is 5.73 Å². The van der Waals surface area contributed by atoms with Gasteiger partial charge in [-0.3, -0.25) is 10.3 Å². The van der Waals surface area contributed by atoms with Gasteiger partial charge in [0, 0.05) is 0 Å². The molecule has 0 spiro atoms. The monoisotopic (exact) mass is 238 g/mol. The highest BCUT2D eigenvalue weighted by Gasteiger charge is 2.12. The zero-order valence-electron chi connectivity index (χ0n) is 9.88. The van der Waals surface area contributed by atoms with E-state index >= 15 is 0 Å². The van der Waals surface area contributed by atoms with E-state index in [2.05, 4.69) is 24.3 Å². The molecule has 2 aromatic rings. The number of rotatable bonds is 1. The summed E-state index contributed by atoms with van der Waals surface area (Å²) in [6.07, 6.45) is 3.43. The topological polar surface area (TPSA) is 49.5 Å². The van der Waals surface area contributed by atoms with Crippen LogP contribution < -0.4 is 5.73 Å². The normalized spacial score (nSPS) is 15.5. The first-order valence-electron chi connectivity index (χ1n) is 5.85. The van der Waals surface area contributed by atoms with Crippen LogP contribution in [0.15, 0.2) is 60.4 Å². The van der Waals surface area contributed by atoms with Crippen molar-refractivity contribution in [3.8, 4) is 0 Å². The first-order chi connectivity index (χ1) is 8.74. The lowest BCUT2D eigenvalue weighted by atomic mass is 9.96. The van der Waals surface area contributed by atoms with Gasteiger partial charge in [-0.2, -0.15) is 0 Å². The molecule has 0 aromatic heterocycles. The number of hydrogen-bond donors (Lipinski definition) is 2. The van der Waals surface area contributed by atoms with Crippen LogP contribution in [0.25, 0.3) is 16.3 Å². The summed E-state index contributed by atoms with van der Waals surface area (Å²) in [4.78, 5) is 0. The van der Waals surface area contributed by atoms with Crippen LogP contribution in [-0.4, -0.2) is 16.8 Å². The Morgan fingerprint density at radius 3 is 2.67 bits per heavy atom. The summed E-state index contributed by atoms with van der Waals surface area (Å²) in [6.45, 7) is 0.453. The van der Waals surface area contributed by atoms with Gasteiger partial charge in [0.25, 0.3) is 0 Å². The highest BCUT2D eigenvalue weighted by atomic mass is 16.5. The molecular weight excluding hydrogens is 224 g/mol. The molecule has 0 fully saturated rings. The smallest absolute Gasteiger partial charge is 0.0704 e. The Kier molecular flexibility index (Phi) is 2.54. The van der Waals surface area contributed by atoms with Gasteiger partial charge in [-0.15, -0.1) is 0 Å². The van der Waals surface area contributed by atoms with Gasteiger partial charge in [0.1, 0.15) is 0 Å². The third-order valence-corrected chi connectivity index (χ3v) is 3.11. The third kappa shape index (κ3) is 1.85. The van der Waals surface area contributed by atoms with Crippen molar-refractivity contribution in [2.24, 2.45) is 5.73 Å². The Balaban J connectivity index is 2.18. The number of benzene rings is 2. The van der Waals surface area contributed by atoms with Crippen LogP contribution in [0.2, 0.25) is 0 Å². The Hall–Kier alpha value is -2.26. The maximum absolute atomic E-state index is 9.62. The van der Waals surface area contributed by atoms with Crippen molar-refractivity contribution in [3.63, 3.8) is 0 Å². The van der Waals surface area contributed by atoms with Crippen LogP contribution in [0, 0.1) is 0 Å². The largest absolute Gasteiger partial charge is 0.397 e. The quantitative estimate of drug-likeness (QED) is 0.803. The fourth-order valence-electron chi connectivity index (χ4n) is 2.34. The molecule has 0 atom stereocenters. The molecule has 1 aliphatic heterocycles. The first-order valence-corrected chi connectivity index (χ1v) is 5.85. The molecule has 0 aliphatic carbocycles. The highest BCUT2D eigenvalue weighted by Crippen LogP contribution is 2.27. The fourth-order valence-corrected chi connectivity index (χ4v) is 2.34. The summed E-state index contributed by atoms with van der Waals surface area (Å²) >= 11 is 0. The molecule has 0 unspecified atom stereocenters. The number of nitrogens with zero attached hydrogens (tertiary/aromatic N) is 1. The Morgan fingerprint density at radius 2 is 1.83 bits per heavy atom. The Morgan fingerprint density at radius 1 is 1.06 bits per heavy atom. The van der Waals surface area contributed by atoms with E-state index in [1.54, 1.807) is 0 Å². The summed E-state index contributed by atoms with van der Waals surface area (Å²) in [7, 11) is 0. The van der Waals surface area contributed by atoms with E-state index in [0.29, 0.717) is 12.2 Å². The van der Waals surface area contributed by atoms with E-state index in [-0.39, 0.29) is 0 Å². The second-order valence-corrected chi connectivity index (χ2v) is 4.42. The molecule has 18 heavy (non-hydrogen) atoms. The minimum absolute atomic E-state index is 0.453. The van der Waals surface area contributed by atoms with Crippen LogP contribution in [0.4, 0.5) is 0 Å². The summed E-state index contributed by atoms with van der Waals surface area (Å²) in [6, 6.07) is 14.4. The minimum atomic E-state index is 0.453. The van der Waals surface area contributed by atoms with Crippen molar-refractivity contribution < 1.29 is 5.21 Å². The number of nitrogens with two attached hydrogens (primary N) is 1. The van der Waals surface area contributed by atoms with Crippen molar-refractivity contribution in [1.82, 2.24) is 5.06 Å². The number of hydrogen-bond acceptors (Lipinski definition) is 3. The summed E-state index contributed by atoms with van der Waals surface area (Å²) < 4.78 is 0. The zero-order valence-corrected chi connectivity index (χ0v) is 9.88. The van der Waals surface area contributed by atoms with Gasteiger partial charge in [-0.25, -0.2) is 0 Å². The third-order valence-electron chi connectivity index (χ3n) is 3.11. The lowest BCUT2D eigenvalue weighted by Crippen LogP contribution is -2.21. The fraction of sp³-hybridized carbons (Fsp3) is 0.0667. The molecule has 3 rings (SSSR count). The summed E-state index contributed by atoms with van der Waals surface area (Å²) in [5, 5.41) is 13.1. The van der Waals surface area contributed by atoms with E-state index in [1.165, 1.54) is 17.0 Å². The second-order valence-electron chi connectivity index (χ2n) is 4.42. The molecule has 0 bridgehead atoms. The average molecular weight is 238 g/mol. The van der Waals surface area contributed by atoms with E-state index in [9.17, 15) is 5.21 Å². The van der Waals surface area contributed by atoms with Gasteiger partial charge in [-0.05, 0) is 28.0 Å². The minimum Gasteiger partial charge on any atom is -0.397 e. The van der Waals surface area contributed by atoms with Crippen molar-refractivity contribution in [2.75, 3.05) is 6.54 Å². The van der Waals surface area contributed by atoms with E-state index in [0.717, 1.165) is 16.2 Å². The summed E-state index contributed by atoms with van der Waals surface area (Å²) in [5.74, 6) is 0. The molecule has 90 valence electrons. The lowest BCUT2D eigenvalue weighted by molar-refractivity contribution is -0.0288. The van der Waals surface area contributed by atoms with E-state index in [4.69, 9.17) is 5.73 Å². The summed E-state index contributed by atoms with van der Waals surface area (Å²) in [5.41, 5.74) is 8.48. The van der Waals surface area contributed by atoms with Crippen LogP contribution in [0.5, 0.6) is 0 Å². The number of fused-ring (bicyclic) bond motifs is 1. The van der Waals surface area contributed by atoms with Crippen LogP contribution in [0.3, 0.4) is 0 Å². The number of hydroxylamine groups is 2. The molecule has 0 saturated heterocycles. The lowest BCUT2D eigenvalue weighted by Gasteiger charge is -2.21. The standard InChI is InChI=1S/C15H14N2O/c16-13-8-12(9-17(18)10-13)15-7-3-5-11-4-1-2-6-14(11)15/h1-8,10,18H,9,16H2. The molecule has 2 aromatic carbocycles. The van der Waals surface area contributed by atoms with Crippen LogP contribution >= 0.6 is 0 Å². The maximum Gasteiger partial charge on any atom is 0.0704 e. The zero-order chi connectivity index (χ0) is 12.5. The molecular formula is C15H14N2O. The van der Waals surface area contributed by atoms with Gasteiger partial charge in [0.2, 0.25) is 0 Å².